The van der Waals surface area contributed by atoms with E-state index in [4.69, 9.17) is 19.2 Å². The van der Waals surface area contributed by atoms with Gasteiger partial charge in [0.15, 0.2) is 0 Å². The Balaban J connectivity index is 1.35. The number of aliphatic carboxylic acids is 1. The molecule has 1 aliphatic rings. The fraction of sp³-hybridized carbons (Fsp3) is 0.448. The van der Waals surface area contributed by atoms with Crippen LogP contribution in [0.5, 0.6) is 5.75 Å². The number of anilines is 1. The van der Waals surface area contributed by atoms with Gasteiger partial charge < -0.3 is 19.2 Å². The number of oxazole rings is 1. The number of hydrogen-bond donors (Lipinski definition) is 1. The van der Waals surface area contributed by atoms with Crippen LogP contribution in [0.4, 0.5) is 5.69 Å². The third-order valence-electron chi connectivity index (χ3n) is 6.70. The predicted molar refractivity (Wildman–Crippen MR) is 138 cm³/mol. The summed E-state index contributed by atoms with van der Waals surface area (Å²) in [5, 5.41) is 9.11. The highest BCUT2D eigenvalue weighted by atomic mass is 16.5. The summed E-state index contributed by atoms with van der Waals surface area (Å²) < 4.78 is 12.0. The number of benzene rings is 2. The van der Waals surface area contributed by atoms with E-state index in [1.807, 2.05) is 19.1 Å². The average Bonchev–Trinajstić information content (AvgIpc) is 3.41. The van der Waals surface area contributed by atoms with Crippen molar-refractivity contribution in [2.75, 3.05) is 24.6 Å². The van der Waals surface area contributed by atoms with Gasteiger partial charge in [-0.1, -0.05) is 19.9 Å². The molecule has 0 radical (unpaired) electrons. The highest BCUT2D eigenvalue weighted by Gasteiger charge is 2.25. The molecule has 4 rings (SSSR count). The zero-order chi connectivity index (χ0) is 24.8. The van der Waals surface area contributed by atoms with Crippen LogP contribution in [0, 0.1) is 6.92 Å². The van der Waals surface area contributed by atoms with Crippen LogP contribution in [0.3, 0.4) is 0 Å². The minimum absolute atomic E-state index is 0.114. The van der Waals surface area contributed by atoms with Crippen molar-refractivity contribution in [3.05, 3.63) is 65.0 Å². The maximum Gasteiger partial charge on any atom is 0.303 e. The second-order valence-corrected chi connectivity index (χ2v) is 9.35. The Morgan fingerprint density at radius 3 is 2.57 bits per heavy atom. The Kier molecular flexibility index (Phi) is 8.11. The van der Waals surface area contributed by atoms with Gasteiger partial charge in [-0.05, 0) is 86.1 Å². The molecule has 1 aliphatic carbocycles. The van der Waals surface area contributed by atoms with Crippen LogP contribution in [0.2, 0.25) is 0 Å². The third kappa shape index (κ3) is 6.05. The zero-order valence-corrected chi connectivity index (χ0v) is 21.0. The van der Waals surface area contributed by atoms with Gasteiger partial charge in [-0.2, -0.15) is 0 Å². The Morgan fingerprint density at radius 1 is 1.14 bits per heavy atom. The van der Waals surface area contributed by atoms with Crippen molar-refractivity contribution in [3.63, 3.8) is 0 Å². The zero-order valence-electron chi connectivity index (χ0n) is 21.0. The van der Waals surface area contributed by atoms with E-state index < -0.39 is 5.97 Å². The lowest BCUT2D eigenvalue weighted by atomic mass is 9.98. The number of carbonyl (C=O) groups is 1. The van der Waals surface area contributed by atoms with Gasteiger partial charge in [0.1, 0.15) is 11.5 Å². The number of rotatable bonds is 12. The number of carboxylic acids is 1. The van der Waals surface area contributed by atoms with Gasteiger partial charge in [-0.15, -0.1) is 0 Å². The van der Waals surface area contributed by atoms with Gasteiger partial charge in [0.25, 0.3) is 0 Å². The summed E-state index contributed by atoms with van der Waals surface area (Å²) in [6.07, 6.45) is 4.91. The SMILES string of the molecule is CCCN(CCC)c1ccc(-c2nc(CCOc3ccc4c(c3)CC[C@H]4CC(=O)O)c(C)o2)cc1. The average molecular weight is 477 g/mol. The third-order valence-corrected chi connectivity index (χ3v) is 6.70. The summed E-state index contributed by atoms with van der Waals surface area (Å²) in [5.74, 6) is 1.65. The van der Waals surface area contributed by atoms with Crippen molar-refractivity contribution in [1.29, 1.82) is 0 Å². The fourth-order valence-electron chi connectivity index (χ4n) is 4.97. The molecule has 6 nitrogen and oxygen atoms in total. The Bertz CT molecular complexity index is 1130. The standard InChI is InChI=1S/C29H36N2O4/c1-4-15-31(16-5-2)24-10-8-21(9-11-24)29-30-27(20(3)35-29)14-17-34-25-12-13-26-22(18-25)6-7-23(26)19-28(32)33/h8-13,18,23H,4-7,14-17,19H2,1-3H3,(H,32,33)/t23-/m0/s1. The van der Waals surface area contributed by atoms with Crippen molar-refractivity contribution in [2.24, 2.45) is 0 Å². The minimum Gasteiger partial charge on any atom is -0.493 e. The predicted octanol–water partition coefficient (Wildman–Crippen LogP) is 6.40. The molecular weight excluding hydrogens is 440 g/mol. The molecule has 3 aromatic rings. The second-order valence-electron chi connectivity index (χ2n) is 9.35. The number of ether oxygens (including phenoxy) is 1. The first kappa shape index (κ1) is 24.8. The lowest BCUT2D eigenvalue weighted by molar-refractivity contribution is -0.137. The second kappa shape index (κ2) is 11.4. The van der Waals surface area contributed by atoms with Gasteiger partial charge in [0, 0.05) is 30.8 Å². The number of hydrogen-bond acceptors (Lipinski definition) is 5. The number of fused-ring (bicyclic) bond motifs is 1. The minimum atomic E-state index is -0.739. The summed E-state index contributed by atoms with van der Waals surface area (Å²) >= 11 is 0. The quantitative estimate of drug-likeness (QED) is 0.326. The summed E-state index contributed by atoms with van der Waals surface area (Å²) in [4.78, 5) is 18.2. The Labute approximate surface area is 207 Å². The van der Waals surface area contributed by atoms with Crippen molar-refractivity contribution in [2.45, 2.75) is 65.2 Å². The number of nitrogens with zero attached hydrogens (tertiary/aromatic N) is 2. The summed E-state index contributed by atoms with van der Waals surface area (Å²) in [6, 6.07) is 14.5. The Hall–Kier alpha value is -3.28. The summed E-state index contributed by atoms with van der Waals surface area (Å²) in [7, 11) is 0. The van der Waals surface area contributed by atoms with Gasteiger partial charge in [0.2, 0.25) is 5.89 Å². The monoisotopic (exact) mass is 476 g/mol. The van der Waals surface area contributed by atoms with E-state index in [-0.39, 0.29) is 12.3 Å². The van der Waals surface area contributed by atoms with Gasteiger partial charge in [-0.3, -0.25) is 4.79 Å². The lowest BCUT2D eigenvalue weighted by Crippen LogP contribution is -2.24. The van der Waals surface area contributed by atoms with E-state index in [0.29, 0.717) is 18.9 Å². The van der Waals surface area contributed by atoms with Crippen molar-refractivity contribution in [3.8, 4) is 17.2 Å². The number of carboxylic acid groups (broad SMARTS) is 1. The van der Waals surface area contributed by atoms with Crippen LogP contribution in [-0.4, -0.2) is 35.8 Å². The molecule has 0 saturated carbocycles. The number of aromatic nitrogens is 1. The smallest absolute Gasteiger partial charge is 0.303 e. The van der Waals surface area contributed by atoms with E-state index in [1.165, 1.54) is 11.3 Å². The largest absolute Gasteiger partial charge is 0.493 e. The molecule has 0 aliphatic heterocycles. The summed E-state index contributed by atoms with van der Waals surface area (Å²) in [6.45, 7) is 8.99. The van der Waals surface area contributed by atoms with Crippen molar-refractivity contribution in [1.82, 2.24) is 4.98 Å². The molecule has 1 atom stereocenters. The van der Waals surface area contributed by atoms with Gasteiger partial charge in [0.05, 0.1) is 18.7 Å². The lowest BCUT2D eigenvalue weighted by Gasteiger charge is -2.23. The molecule has 1 aromatic heterocycles. The normalized spacial score (nSPS) is 14.7. The molecule has 0 fully saturated rings. The highest BCUT2D eigenvalue weighted by molar-refractivity contribution is 5.68. The Morgan fingerprint density at radius 2 is 1.89 bits per heavy atom. The van der Waals surface area contributed by atoms with Crippen LogP contribution in [0.25, 0.3) is 11.5 Å². The van der Waals surface area contributed by atoms with Crippen molar-refractivity contribution < 1.29 is 19.1 Å². The molecule has 6 heteroatoms. The van der Waals surface area contributed by atoms with Crippen LogP contribution in [0.1, 0.15) is 68.0 Å². The maximum atomic E-state index is 11.1. The molecule has 0 unspecified atom stereocenters. The van der Waals surface area contributed by atoms with E-state index in [9.17, 15) is 4.79 Å². The molecule has 35 heavy (non-hydrogen) atoms. The van der Waals surface area contributed by atoms with E-state index >= 15 is 0 Å². The van der Waals surface area contributed by atoms with E-state index in [1.54, 1.807) is 0 Å². The van der Waals surface area contributed by atoms with Crippen LogP contribution in [-0.2, 0) is 17.6 Å². The topological polar surface area (TPSA) is 75.8 Å². The molecule has 0 amide bonds. The molecule has 0 bridgehead atoms. The molecular formula is C29H36N2O4. The highest BCUT2D eigenvalue weighted by Crippen LogP contribution is 2.37. The van der Waals surface area contributed by atoms with Crippen molar-refractivity contribution >= 4 is 11.7 Å². The molecule has 2 aromatic carbocycles. The molecule has 0 saturated heterocycles. The summed E-state index contributed by atoms with van der Waals surface area (Å²) in [5.41, 5.74) is 5.47. The maximum absolute atomic E-state index is 11.1. The molecule has 1 N–H and O–H groups in total. The first-order valence-corrected chi connectivity index (χ1v) is 12.8. The van der Waals surface area contributed by atoms with Crippen LogP contribution >= 0.6 is 0 Å². The fourth-order valence-corrected chi connectivity index (χ4v) is 4.97. The molecule has 0 spiro atoms. The van der Waals surface area contributed by atoms with E-state index in [2.05, 4.69) is 49.1 Å². The molecule has 186 valence electrons. The number of aryl methyl sites for hydroxylation is 2. The molecule has 1 heterocycles. The van der Waals surface area contributed by atoms with Crippen LogP contribution in [0.15, 0.2) is 46.9 Å². The van der Waals surface area contributed by atoms with Gasteiger partial charge in [-0.25, -0.2) is 4.98 Å². The first-order valence-electron chi connectivity index (χ1n) is 12.8. The van der Waals surface area contributed by atoms with Crippen LogP contribution < -0.4 is 9.64 Å². The van der Waals surface area contributed by atoms with Gasteiger partial charge >= 0.3 is 5.97 Å². The first-order chi connectivity index (χ1) is 17.0. The van der Waals surface area contributed by atoms with E-state index in [0.717, 1.165) is 67.1 Å².